The minimum absolute atomic E-state index is 0.180. The number of amides is 4. The van der Waals surface area contributed by atoms with Gasteiger partial charge in [0.25, 0.3) is 5.91 Å². The molecule has 2 aromatic rings. The van der Waals surface area contributed by atoms with Crippen LogP contribution in [-0.4, -0.2) is 30.4 Å². The minimum atomic E-state index is -1.41. The lowest BCUT2D eigenvalue weighted by molar-refractivity contribution is -0.145. The zero-order valence-corrected chi connectivity index (χ0v) is 17.5. The number of anilines is 2. The van der Waals surface area contributed by atoms with Crippen molar-refractivity contribution in [3.05, 3.63) is 58.1 Å². The second-order valence-electron chi connectivity index (χ2n) is 7.98. The number of imide groups is 2. The van der Waals surface area contributed by atoms with Crippen LogP contribution in [0.4, 0.5) is 16.2 Å². The number of fused-ring (bicyclic) bond motifs is 4. The van der Waals surface area contributed by atoms with Gasteiger partial charge in [-0.05, 0) is 55.5 Å². The monoisotopic (exact) mass is 443 g/mol. The van der Waals surface area contributed by atoms with Crippen LogP contribution in [0.1, 0.15) is 24.8 Å². The van der Waals surface area contributed by atoms with E-state index in [1.54, 1.807) is 6.07 Å². The number of para-hydroxylation sites is 1. The number of hydrogen-bond donors (Lipinski definition) is 1. The summed E-state index contributed by atoms with van der Waals surface area (Å²) >= 11 is 12.4. The highest BCUT2D eigenvalue weighted by atomic mass is 35.5. The van der Waals surface area contributed by atoms with E-state index in [-0.39, 0.29) is 23.2 Å². The van der Waals surface area contributed by atoms with Crippen molar-refractivity contribution in [2.24, 2.45) is 5.41 Å². The summed E-state index contributed by atoms with van der Waals surface area (Å²) in [5, 5.41) is 2.98. The summed E-state index contributed by atoms with van der Waals surface area (Å²) in [4.78, 5) is 43.2. The third-order valence-electron chi connectivity index (χ3n) is 6.40. The van der Waals surface area contributed by atoms with E-state index in [0.29, 0.717) is 11.4 Å². The highest BCUT2D eigenvalue weighted by Crippen LogP contribution is 2.48. The molecular formula is C22H19Cl2N3O3. The van der Waals surface area contributed by atoms with Gasteiger partial charge in [0, 0.05) is 17.3 Å². The molecule has 0 aliphatic carbocycles. The van der Waals surface area contributed by atoms with Gasteiger partial charge in [-0.25, -0.2) is 9.69 Å². The van der Waals surface area contributed by atoms with Crippen LogP contribution < -0.4 is 15.1 Å². The molecule has 1 spiro atoms. The molecule has 0 bridgehead atoms. The van der Waals surface area contributed by atoms with Crippen LogP contribution in [0.3, 0.4) is 0 Å². The lowest BCUT2D eigenvalue weighted by Crippen LogP contribution is -2.73. The smallest absolute Gasteiger partial charge is 0.335 e. The number of hydrogen-bond acceptors (Lipinski definition) is 4. The van der Waals surface area contributed by atoms with Crippen LogP contribution in [0.25, 0.3) is 0 Å². The number of rotatable bonds is 1. The van der Waals surface area contributed by atoms with Crippen molar-refractivity contribution in [3.63, 3.8) is 0 Å². The first kappa shape index (κ1) is 19.4. The Morgan fingerprint density at radius 1 is 1.00 bits per heavy atom. The highest BCUT2D eigenvalue weighted by molar-refractivity contribution is 6.39. The standard InChI is InChI=1S/C22H19Cl2N3O3/c23-14-8-9-15(24)17(11-14)27-20(29)22(19(28)25-21(27)30)12-13-5-1-2-6-16(13)26-10-4-3-7-18(22)26/h1-2,5-6,8-9,11,18H,3-4,7,10,12H2,(H,25,28,30)/t18-,22-/m1/s1. The fourth-order valence-corrected chi connectivity index (χ4v) is 5.44. The Morgan fingerprint density at radius 2 is 1.80 bits per heavy atom. The van der Waals surface area contributed by atoms with Crippen LogP contribution in [0.2, 0.25) is 10.0 Å². The molecule has 2 aromatic carbocycles. The maximum atomic E-state index is 14.0. The van der Waals surface area contributed by atoms with Gasteiger partial charge in [0.1, 0.15) is 0 Å². The summed E-state index contributed by atoms with van der Waals surface area (Å²) in [6.45, 7) is 0.760. The van der Waals surface area contributed by atoms with Crippen molar-refractivity contribution in [1.82, 2.24) is 5.32 Å². The number of piperidine rings is 1. The van der Waals surface area contributed by atoms with E-state index in [4.69, 9.17) is 23.2 Å². The van der Waals surface area contributed by atoms with Gasteiger partial charge in [0.05, 0.1) is 16.8 Å². The molecule has 8 heteroatoms. The van der Waals surface area contributed by atoms with E-state index in [1.165, 1.54) is 12.1 Å². The van der Waals surface area contributed by atoms with Gasteiger partial charge >= 0.3 is 6.03 Å². The Balaban J connectivity index is 1.68. The largest absolute Gasteiger partial charge is 0.367 e. The predicted octanol–water partition coefficient (Wildman–Crippen LogP) is 4.18. The quantitative estimate of drug-likeness (QED) is 0.671. The normalized spacial score (nSPS) is 25.8. The molecule has 154 valence electrons. The molecule has 2 atom stereocenters. The lowest BCUT2D eigenvalue weighted by atomic mass is 9.66. The van der Waals surface area contributed by atoms with Crippen molar-refractivity contribution in [2.45, 2.75) is 31.7 Å². The maximum absolute atomic E-state index is 14.0. The summed E-state index contributed by atoms with van der Waals surface area (Å²) in [5.74, 6) is -1.09. The first-order valence-corrected chi connectivity index (χ1v) is 10.7. The number of carbonyl (C=O) groups is 3. The van der Waals surface area contributed by atoms with E-state index >= 15 is 0 Å². The number of halogens is 2. The molecule has 0 aromatic heterocycles. The molecule has 5 rings (SSSR count). The van der Waals surface area contributed by atoms with Gasteiger partial charge < -0.3 is 4.90 Å². The third kappa shape index (κ3) is 2.67. The minimum Gasteiger partial charge on any atom is -0.367 e. The molecule has 0 radical (unpaired) electrons. The van der Waals surface area contributed by atoms with Crippen LogP contribution in [-0.2, 0) is 16.0 Å². The number of nitrogens with zero attached hydrogens (tertiary/aromatic N) is 2. The summed E-state index contributed by atoms with van der Waals surface area (Å²) in [5.41, 5.74) is 0.747. The SMILES string of the molecule is O=C1NC(=O)[C@]2(Cc3ccccc3N3CCCC[C@@H]32)C(=O)N1c1cc(Cl)ccc1Cl. The van der Waals surface area contributed by atoms with Gasteiger partial charge in [-0.2, -0.15) is 0 Å². The number of barbiturate groups is 1. The Labute approximate surface area is 183 Å². The van der Waals surface area contributed by atoms with Gasteiger partial charge in [-0.3, -0.25) is 14.9 Å². The second-order valence-corrected chi connectivity index (χ2v) is 8.82. The fraction of sp³-hybridized carbons (Fsp3) is 0.318. The van der Waals surface area contributed by atoms with Gasteiger partial charge in [-0.15, -0.1) is 0 Å². The summed E-state index contributed by atoms with van der Waals surface area (Å²) in [6.07, 6.45) is 2.83. The fourth-order valence-electron chi connectivity index (χ4n) is 5.07. The van der Waals surface area contributed by atoms with Crippen molar-refractivity contribution in [3.8, 4) is 0 Å². The molecule has 6 nitrogen and oxygen atoms in total. The van der Waals surface area contributed by atoms with Gasteiger partial charge in [0.15, 0.2) is 5.41 Å². The van der Waals surface area contributed by atoms with Crippen molar-refractivity contribution in [1.29, 1.82) is 0 Å². The van der Waals surface area contributed by atoms with Crippen LogP contribution in [0, 0.1) is 5.41 Å². The molecule has 1 N–H and O–H groups in total. The average molecular weight is 444 g/mol. The predicted molar refractivity (Wildman–Crippen MR) is 115 cm³/mol. The number of urea groups is 1. The summed E-state index contributed by atoms with van der Waals surface area (Å²) < 4.78 is 0. The van der Waals surface area contributed by atoms with Crippen molar-refractivity contribution >= 4 is 52.4 Å². The Kier molecular flexibility index (Phi) is 4.52. The number of benzene rings is 2. The van der Waals surface area contributed by atoms with E-state index < -0.39 is 23.3 Å². The summed E-state index contributed by atoms with van der Waals surface area (Å²) in [7, 11) is 0. The van der Waals surface area contributed by atoms with E-state index in [0.717, 1.165) is 35.5 Å². The maximum Gasteiger partial charge on any atom is 0.335 e. The molecule has 3 aliphatic heterocycles. The van der Waals surface area contributed by atoms with Gasteiger partial charge in [0.2, 0.25) is 5.91 Å². The van der Waals surface area contributed by atoms with E-state index in [1.807, 2.05) is 24.3 Å². The van der Waals surface area contributed by atoms with Crippen LogP contribution >= 0.6 is 23.2 Å². The molecule has 4 amide bonds. The Morgan fingerprint density at radius 3 is 2.63 bits per heavy atom. The van der Waals surface area contributed by atoms with Crippen LogP contribution in [0.15, 0.2) is 42.5 Å². The molecule has 0 unspecified atom stereocenters. The lowest BCUT2D eigenvalue weighted by Gasteiger charge is -2.53. The molecule has 0 saturated carbocycles. The number of nitrogens with one attached hydrogen (secondary N) is 1. The first-order chi connectivity index (χ1) is 14.4. The molecule has 3 heterocycles. The molecule has 2 fully saturated rings. The van der Waals surface area contributed by atoms with E-state index in [2.05, 4.69) is 10.2 Å². The number of carbonyl (C=O) groups excluding carboxylic acids is 3. The average Bonchev–Trinajstić information content (AvgIpc) is 2.74. The first-order valence-electron chi connectivity index (χ1n) is 9.93. The molecule has 3 aliphatic rings. The van der Waals surface area contributed by atoms with Crippen molar-refractivity contribution < 1.29 is 14.4 Å². The zero-order valence-electron chi connectivity index (χ0n) is 16.0. The second kappa shape index (κ2) is 7.00. The zero-order chi connectivity index (χ0) is 21.0. The third-order valence-corrected chi connectivity index (χ3v) is 6.96. The van der Waals surface area contributed by atoms with E-state index in [9.17, 15) is 14.4 Å². The highest BCUT2D eigenvalue weighted by Gasteiger charge is 2.62. The van der Waals surface area contributed by atoms with Crippen molar-refractivity contribution in [2.75, 3.05) is 16.3 Å². The van der Waals surface area contributed by atoms with Gasteiger partial charge in [-0.1, -0.05) is 41.4 Å². The topological polar surface area (TPSA) is 69.7 Å². The molecule has 30 heavy (non-hydrogen) atoms. The summed E-state index contributed by atoms with van der Waals surface area (Å²) in [6, 6.07) is 11.3. The molecule has 2 saturated heterocycles. The molecular weight excluding hydrogens is 425 g/mol. The van der Waals surface area contributed by atoms with Crippen LogP contribution in [0.5, 0.6) is 0 Å². The Bertz CT molecular complexity index is 1090. The Hall–Kier alpha value is -2.57.